The number of fused-ring (bicyclic) bond motifs is 1. The van der Waals surface area contributed by atoms with E-state index in [9.17, 15) is 0 Å². The summed E-state index contributed by atoms with van der Waals surface area (Å²) in [5.74, 6) is 0.518. The predicted octanol–water partition coefficient (Wildman–Crippen LogP) is 4.90. The summed E-state index contributed by atoms with van der Waals surface area (Å²) in [4.78, 5) is 0. The van der Waals surface area contributed by atoms with E-state index in [1.165, 1.54) is 13.7 Å². The van der Waals surface area contributed by atoms with Crippen LogP contribution in [-0.2, 0) is 5.88 Å². The monoisotopic (exact) mass is 342 g/mol. The number of benzene rings is 1. The van der Waals surface area contributed by atoms with Crippen molar-refractivity contribution in [2.45, 2.75) is 5.88 Å². The van der Waals surface area contributed by atoms with Crippen LogP contribution in [0.1, 0.15) is 5.56 Å². The molecule has 1 aromatic heterocycles. The van der Waals surface area contributed by atoms with E-state index >= 15 is 0 Å². The normalized spacial score (nSPS) is 11.0. The van der Waals surface area contributed by atoms with Gasteiger partial charge in [0.1, 0.15) is 0 Å². The molecule has 0 bridgehead atoms. The molecule has 1 heterocycles. The molecule has 2 rings (SSSR count). The maximum absolute atomic E-state index is 5.96. The Morgan fingerprint density at radius 2 is 2.15 bits per heavy atom. The number of hydrogen-bond donors (Lipinski definition) is 0. The Bertz CT molecular complexity index is 450. The largest absolute Gasteiger partial charge is 0.143 e. The van der Waals surface area contributed by atoms with Crippen LogP contribution in [0.3, 0.4) is 0 Å². The van der Waals surface area contributed by atoms with Gasteiger partial charge in [0.05, 0.1) is 0 Å². The number of halogens is 3. The first-order valence-corrected chi connectivity index (χ1v) is 6.50. The predicted molar refractivity (Wildman–Crippen MR) is 69.1 cm³/mol. The molecule has 0 aliphatic carbocycles. The van der Waals surface area contributed by atoms with Gasteiger partial charge in [0.15, 0.2) is 0 Å². The zero-order chi connectivity index (χ0) is 9.42. The maximum atomic E-state index is 5.96. The average molecular weight is 343 g/mol. The number of hydrogen-bond acceptors (Lipinski definition) is 1. The molecule has 0 aliphatic rings. The number of alkyl halides is 1. The van der Waals surface area contributed by atoms with Gasteiger partial charge >= 0.3 is 0 Å². The summed E-state index contributed by atoms with van der Waals surface area (Å²) < 4.78 is 2.47. The molecule has 0 saturated carbocycles. The van der Waals surface area contributed by atoms with Crippen LogP contribution in [0.5, 0.6) is 0 Å². The van der Waals surface area contributed by atoms with Gasteiger partial charge in [-0.2, -0.15) is 0 Å². The third-order valence-electron chi connectivity index (χ3n) is 1.82. The molecular weight excluding hydrogens is 338 g/mol. The van der Waals surface area contributed by atoms with Crippen LogP contribution in [0.2, 0.25) is 5.02 Å². The van der Waals surface area contributed by atoms with Gasteiger partial charge in [0, 0.05) is 29.9 Å². The van der Waals surface area contributed by atoms with E-state index in [1.54, 1.807) is 11.3 Å². The molecule has 0 radical (unpaired) electrons. The van der Waals surface area contributed by atoms with Crippen LogP contribution in [0, 0.1) is 3.57 Å². The first kappa shape index (κ1) is 10.0. The lowest BCUT2D eigenvalue weighted by atomic mass is 10.1. The van der Waals surface area contributed by atoms with Gasteiger partial charge < -0.3 is 0 Å². The molecule has 0 unspecified atom stereocenters. The highest BCUT2D eigenvalue weighted by molar-refractivity contribution is 14.1. The first-order valence-electron chi connectivity index (χ1n) is 3.63. The van der Waals surface area contributed by atoms with Gasteiger partial charge in [-0.15, -0.1) is 22.9 Å². The van der Waals surface area contributed by atoms with E-state index in [1.807, 2.05) is 12.1 Å². The van der Waals surface area contributed by atoms with E-state index in [2.05, 4.69) is 28.0 Å². The molecule has 13 heavy (non-hydrogen) atoms. The van der Waals surface area contributed by atoms with Crippen LogP contribution in [-0.4, -0.2) is 0 Å². The minimum absolute atomic E-state index is 0.518. The topological polar surface area (TPSA) is 0 Å². The van der Waals surface area contributed by atoms with Crippen LogP contribution < -0.4 is 0 Å². The molecule has 0 spiro atoms. The van der Waals surface area contributed by atoms with E-state index < -0.39 is 0 Å². The fourth-order valence-corrected chi connectivity index (χ4v) is 3.90. The van der Waals surface area contributed by atoms with Crippen LogP contribution >= 0.6 is 57.1 Å². The lowest BCUT2D eigenvalue weighted by molar-refractivity contribution is 1.46. The fraction of sp³-hybridized carbons (Fsp3) is 0.111. The molecule has 0 nitrogen and oxygen atoms in total. The Balaban J connectivity index is 2.85. The van der Waals surface area contributed by atoms with Crippen molar-refractivity contribution in [2.24, 2.45) is 0 Å². The van der Waals surface area contributed by atoms with Crippen molar-refractivity contribution in [1.29, 1.82) is 0 Å². The third-order valence-corrected chi connectivity index (χ3v) is 4.53. The van der Waals surface area contributed by atoms with Crippen molar-refractivity contribution >= 4 is 67.2 Å². The quantitative estimate of drug-likeness (QED) is 0.511. The third kappa shape index (κ3) is 1.82. The lowest BCUT2D eigenvalue weighted by Gasteiger charge is -2.00. The molecule has 0 amide bonds. The van der Waals surface area contributed by atoms with Crippen LogP contribution in [0.4, 0.5) is 0 Å². The van der Waals surface area contributed by atoms with Crippen LogP contribution in [0.25, 0.3) is 10.1 Å². The molecule has 0 N–H and O–H groups in total. The zero-order valence-corrected chi connectivity index (χ0v) is 11.0. The highest BCUT2D eigenvalue weighted by Crippen LogP contribution is 2.33. The minimum Gasteiger partial charge on any atom is -0.143 e. The van der Waals surface area contributed by atoms with E-state index in [-0.39, 0.29) is 0 Å². The molecule has 4 heteroatoms. The number of thiophene rings is 1. The van der Waals surface area contributed by atoms with Gasteiger partial charge in [-0.3, -0.25) is 0 Å². The van der Waals surface area contributed by atoms with Crippen molar-refractivity contribution in [3.63, 3.8) is 0 Å². The number of rotatable bonds is 1. The Hall–Kier alpha value is 0.490. The van der Waals surface area contributed by atoms with Crippen molar-refractivity contribution in [2.75, 3.05) is 0 Å². The standard InChI is InChI=1S/C9H5Cl2IS/c10-3-5-1-6(11)2-8-9(5)7(12)4-13-8/h1-2,4H,3H2. The molecule has 0 atom stereocenters. The molecule has 0 aliphatic heterocycles. The summed E-state index contributed by atoms with van der Waals surface area (Å²) in [5.41, 5.74) is 1.12. The van der Waals surface area contributed by atoms with Gasteiger partial charge in [0.2, 0.25) is 0 Å². The Labute approximate surface area is 104 Å². The SMILES string of the molecule is ClCc1cc(Cl)cc2scc(I)c12. The molecule has 68 valence electrons. The van der Waals surface area contributed by atoms with E-state index in [4.69, 9.17) is 23.2 Å². The molecule has 1 aromatic carbocycles. The molecular formula is C9H5Cl2IS. The van der Waals surface area contributed by atoms with Gasteiger partial charge in [-0.1, -0.05) is 11.6 Å². The first-order chi connectivity index (χ1) is 6.22. The van der Waals surface area contributed by atoms with Gasteiger partial charge in [-0.05, 0) is 40.3 Å². The molecule has 0 saturated heterocycles. The maximum Gasteiger partial charge on any atom is 0.0481 e. The second-order valence-corrected chi connectivity index (χ2v) is 5.43. The van der Waals surface area contributed by atoms with Crippen molar-refractivity contribution in [1.82, 2.24) is 0 Å². The Kier molecular flexibility index (Phi) is 3.03. The van der Waals surface area contributed by atoms with Gasteiger partial charge in [0.25, 0.3) is 0 Å². The summed E-state index contributed by atoms with van der Waals surface area (Å²) in [7, 11) is 0. The van der Waals surface area contributed by atoms with E-state index in [0.717, 1.165) is 10.6 Å². The second-order valence-electron chi connectivity index (χ2n) is 2.66. The van der Waals surface area contributed by atoms with Gasteiger partial charge in [-0.25, -0.2) is 0 Å². The van der Waals surface area contributed by atoms with E-state index in [0.29, 0.717) is 5.88 Å². The van der Waals surface area contributed by atoms with Crippen LogP contribution in [0.15, 0.2) is 17.5 Å². The zero-order valence-electron chi connectivity index (χ0n) is 6.48. The Morgan fingerprint density at radius 3 is 2.85 bits per heavy atom. The second kappa shape index (κ2) is 3.93. The van der Waals surface area contributed by atoms with Crippen molar-refractivity contribution < 1.29 is 0 Å². The minimum atomic E-state index is 0.518. The lowest BCUT2D eigenvalue weighted by Crippen LogP contribution is -1.80. The Morgan fingerprint density at radius 1 is 1.38 bits per heavy atom. The highest BCUT2D eigenvalue weighted by atomic mass is 127. The summed E-state index contributed by atoms with van der Waals surface area (Å²) >= 11 is 15.8. The fourth-order valence-electron chi connectivity index (χ4n) is 1.28. The molecule has 2 aromatic rings. The summed E-state index contributed by atoms with van der Waals surface area (Å²) in [6.07, 6.45) is 0. The average Bonchev–Trinajstić information content (AvgIpc) is 2.46. The van der Waals surface area contributed by atoms with Crippen molar-refractivity contribution in [3.8, 4) is 0 Å². The summed E-state index contributed by atoms with van der Waals surface area (Å²) in [5, 5.41) is 4.14. The highest BCUT2D eigenvalue weighted by Gasteiger charge is 2.07. The smallest absolute Gasteiger partial charge is 0.0481 e. The molecule has 0 fully saturated rings. The van der Waals surface area contributed by atoms with Crippen molar-refractivity contribution in [3.05, 3.63) is 31.7 Å². The summed E-state index contributed by atoms with van der Waals surface area (Å²) in [6.45, 7) is 0. The summed E-state index contributed by atoms with van der Waals surface area (Å²) in [6, 6.07) is 3.92.